The first-order chi connectivity index (χ1) is 26.5. The standard InChI is InChI=1S/C24H26.C22H22.C7H12.C2H6/c1-5-18(3)24-22(20-15-13-17(2)14-16-20)11-8-12-23(24)21-10-7-6-9-19(21)4;1-15-9-11-18-19-12-10-17(16-7-5-4-6-8-16)14-21(19)22(2,3)20(18)13-15;1-4-6-7(3)5-2;1-2/h6-16,18H,5H2,1-4H3;5,7-14H,4,6H2,1-3H3;5H,2-4,6H2,1H3;1-2H3. The van der Waals surface area contributed by atoms with Crippen molar-refractivity contribution in [2.24, 2.45) is 0 Å². The van der Waals surface area contributed by atoms with E-state index in [2.05, 4.69) is 190 Å². The quantitative estimate of drug-likeness (QED) is 0.140. The molecule has 0 saturated heterocycles. The van der Waals surface area contributed by atoms with E-state index >= 15 is 0 Å². The van der Waals surface area contributed by atoms with Gasteiger partial charge < -0.3 is 0 Å². The molecule has 0 nitrogen and oxygen atoms in total. The minimum Gasteiger partial charge on any atom is -0.0988 e. The molecule has 0 N–H and O–H groups in total. The molecule has 2 aliphatic carbocycles. The molecule has 0 saturated carbocycles. The summed E-state index contributed by atoms with van der Waals surface area (Å²) in [6.45, 7) is 29.3. The second-order valence-electron chi connectivity index (χ2n) is 15.4. The molecule has 5 aromatic rings. The van der Waals surface area contributed by atoms with Gasteiger partial charge in [-0.25, -0.2) is 0 Å². The molecule has 0 amide bonds. The van der Waals surface area contributed by atoms with Crippen molar-refractivity contribution in [2.75, 3.05) is 0 Å². The molecule has 0 radical (unpaired) electrons. The molecular weight excluding hydrogens is 661 g/mol. The van der Waals surface area contributed by atoms with Gasteiger partial charge in [-0.05, 0) is 125 Å². The van der Waals surface area contributed by atoms with Crippen LogP contribution in [-0.4, -0.2) is 0 Å². The van der Waals surface area contributed by atoms with Gasteiger partial charge in [-0.15, -0.1) is 0 Å². The zero-order valence-corrected chi connectivity index (χ0v) is 35.7. The van der Waals surface area contributed by atoms with E-state index in [4.69, 9.17) is 0 Å². The highest BCUT2D eigenvalue weighted by molar-refractivity contribution is 5.85. The van der Waals surface area contributed by atoms with Crippen molar-refractivity contribution in [3.8, 4) is 33.4 Å². The third kappa shape index (κ3) is 10.2. The maximum absolute atomic E-state index is 3.74. The molecule has 0 aliphatic heterocycles. The summed E-state index contributed by atoms with van der Waals surface area (Å²) in [5.74, 6) is 0.525. The summed E-state index contributed by atoms with van der Waals surface area (Å²) in [4.78, 5) is 0. The summed E-state index contributed by atoms with van der Waals surface area (Å²) in [6, 6.07) is 38.2. The Kier molecular flexibility index (Phi) is 15.7. The zero-order chi connectivity index (χ0) is 40.1. The summed E-state index contributed by atoms with van der Waals surface area (Å²) < 4.78 is 0. The van der Waals surface area contributed by atoms with Gasteiger partial charge in [0.2, 0.25) is 0 Å². The van der Waals surface area contributed by atoms with Gasteiger partial charge in [0.15, 0.2) is 0 Å². The summed E-state index contributed by atoms with van der Waals surface area (Å²) in [5, 5.41) is 0. The molecule has 5 aromatic carbocycles. The lowest BCUT2D eigenvalue weighted by Crippen LogP contribution is -2.15. The summed E-state index contributed by atoms with van der Waals surface area (Å²) >= 11 is 0. The smallest absolute Gasteiger partial charge is 0.0159 e. The minimum atomic E-state index is 0.0889. The number of fused-ring (bicyclic) bond motifs is 3. The van der Waals surface area contributed by atoms with Crippen LogP contribution in [-0.2, 0) is 5.41 Å². The predicted molar refractivity (Wildman–Crippen MR) is 246 cm³/mol. The van der Waals surface area contributed by atoms with Crippen LogP contribution in [0.1, 0.15) is 125 Å². The van der Waals surface area contributed by atoms with Crippen molar-refractivity contribution in [1.29, 1.82) is 0 Å². The van der Waals surface area contributed by atoms with Crippen molar-refractivity contribution in [2.45, 2.75) is 113 Å². The maximum atomic E-state index is 3.74. The van der Waals surface area contributed by atoms with Gasteiger partial charge in [0.1, 0.15) is 0 Å². The van der Waals surface area contributed by atoms with E-state index in [9.17, 15) is 0 Å². The molecule has 0 heterocycles. The first-order valence-corrected chi connectivity index (χ1v) is 20.7. The molecule has 0 bridgehead atoms. The number of allylic oxidation sites excluding steroid dienone is 6. The fourth-order valence-electron chi connectivity index (χ4n) is 7.68. The van der Waals surface area contributed by atoms with Crippen LogP contribution in [0.4, 0.5) is 0 Å². The van der Waals surface area contributed by atoms with E-state index in [-0.39, 0.29) is 5.41 Å². The molecule has 0 heteroatoms. The summed E-state index contributed by atoms with van der Waals surface area (Å²) in [5.41, 5.74) is 20.6. The lowest BCUT2D eigenvalue weighted by molar-refractivity contribution is 0.659. The largest absolute Gasteiger partial charge is 0.0988 e. The fraction of sp³-hybridized carbons (Fsp3) is 0.309. The van der Waals surface area contributed by atoms with Crippen molar-refractivity contribution in [3.63, 3.8) is 0 Å². The Hall–Kier alpha value is -4.94. The average Bonchev–Trinajstić information content (AvgIpc) is 3.44. The number of hydrogen-bond acceptors (Lipinski definition) is 0. The van der Waals surface area contributed by atoms with Gasteiger partial charge in [0.25, 0.3) is 0 Å². The van der Waals surface area contributed by atoms with Crippen LogP contribution in [0.2, 0.25) is 0 Å². The molecule has 1 atom stereocenters. The van der Waals surface area contributed by atoms with E-state index < -0.39 is 0 Å². The Balaban J connectivity index is 0.000000202. The molecule has 0 fully saturated rings. The molecular formula is C55H66. The Morgan fingerprint density at radius 1 is 0.691 bits per heavy atom. The first kappa shape index (κ1) is 42.8. The van der Waals surface area contributed by atoms with Gasteiger partial charge in [-0.2, -0.15) is 0 Å². The third-order valence-corrected chi connectivity index (χ3v) is 11.0. The zero-order valence-electron chi connectivity index (χ0n) is 35.7. The Labute approximate surface area is 335 Å². The minimum absolute atomic E-state index is 0.0889. The van der Waals surface area contributed by atoms with Crippen LogP contribution in [0.25, 0.3) is 39.0 Å². The van der Waals surface area contributed by atoms with Crippen molar-refractivity contribution >= 4 is 5.57 Å². The highest BCUT2D eigenvalue weighted by atomic mass is 14.4. The Bertz CT molecular complexity index is 2110. The topological polar surface area (TPSA) is 0 Å². The fourth-order valence-corrected chi connectivity index (χ4v) is 7.68. The molecule has 2 aliphatic rings. The number of hydrogen-bond donors (Lipinski definition) is 0. The average molecular weight is 727 g/mol. The molecule has 286 valence electrons. The Morgan fingerprint density at radius 3 is 1.89 bits per heavy atom. The normalized spacial score (nSPS) is 13.6. The molecule has 0 spiro atoms. The highest BCUT2D eigenvalue weighted by Crippen LogP contribution is 2.49. The molecule has 0 aromatic heterocycles. The molecule has 55 heavy (non-hydrogen) atoms. The van der Waals surface area contributed by atoms with Crippen LogP contribution in [0.3, 0.4) is 0 Å². The first-order valence-electron chi connectivity index (χ1n) is 20.7. The SMILES string of the molecule is C=CC(=C)CCC.CC.CCC(C)c1c(-c2ccc(C)cc2)cccc1-c1ccccc1C.Cc1ccc2c(c1)C(C)(C)c1cc(C3=CCCC=C3)ccc1-2. The Morgan fingerprint density at radius 2 is 1.29 bits per heavy atom. The molecule has 7 rings (SSSR count). The van der Waals surface area contributed by atoms with Gasteiger partial charge in [-0.3, -0.25) is 0 Å². The number of benzene rings is 5. The van der Waals surface area contributed by atoms with Crippen molar-refractivity contribution in [3.05, 3.63) is 185 Å². The third-order valence-electron chi connectivity index (χ3n) is 11.0. The van der Waals surface area contributed by atoms with Gasteiger partial charge in [0.05, 0.1) is 0 Å². The van der Waals surface area contributed by atoms with Crippen molar-refractivity contribution in [1.82, 2.24) is 0 Å². The van der Waals surface area contributed by atoms with Crippen LogP contribution in [0.5, 0.6) is 0 Å². The van der Waals surface area contributed by atoms with Crippen LogP contribution in [0.15, 0.2) is 146 Å². The van der Waals surface area contributed by atoms with Gasteiger partial charge in [-0.1, -0.05) is 206 Å². The lowest BCUT2D eigenvalue weighted by atomic mass is 9.81. The summed E-state index contributed by atoms with van der Waals surface area (Å²) in [7, 11) is 0. The molecule has 1 unspecified atom stereocenters. The van der Waals surface area contributed by atoms with E-state index in [1.54, 1.807) is 0 Å². The van der Waals surface area contributed by atoms with Gasteiger partial charge in [0, 0.05) is 5.41 Å². The number of rotatable bonds is 8. The van der Waals surface area contributed by atoms with Gasteiger partial charge >= 0.3 is 0 Å². The van der Waals surface area contributed by atoms with Crippen molar-refractivity contribution < 1.29 is 0 Å². The van der Waals surface area contributed by atoms with E-state index in [0.717, 1.165) is 24.8 Å². The van der Waals surface area contributed by atoms with Crippen LogP contribution < -0.4 is 0 Å². The van der Waals surface area contributed by atoms with Crippen LogP contribution in [0, 0.1) is 20.8 Å². The van der Waals surface area contributed by atoms with E-state index in [1.807, 2.05) is 19.9 Å². The van der Waals surface area contributed by atoms with Crippen LogP contribution >= 0.6 is 0 Å². The predicted octanol–water partition coefficient (Wildman–Crippen LogP) is 16.7. The summed E-state index contributed by atoms with van der Waals surface area (Å²) in [6.07, 6.45) is 14.5. The second-order valence-corrected chi connectivity index (χ2v) is 15.4. The monoisotopic (exact) mass is 727 g/mol. The second kappa shape index (κ2) is 20.1. The van der Waals surface area contributed by atoms with E-state index in [0.29, 0.717) is 5.92 Å². The van der Waals surface area contributed by atoms with E-state index in [1.165, 1.54) is 90.7 Å². The number of aryl methyl sites for hydroxylation is 3. The lowest BCUT2D eigenvalue weighted by Gasteiger charge is -2.22. The maximum Gasteiger partial charge on any atom is 0.0159 e. The highest BCUT2D eigenvalue weighted by Gasteiger charge is 2.35.